The topological polar surface area (TPSA) is 16.1 Å². The molecule has 2 nitrogen and oxygen atoms in total. The molecule has 2 aromatic rings. The van der Waals surface area contributed by atoms with Crippen LogP contribution in [0.3, 0.4) is 0 Å². The zero-order valence-corrected chi connectivity index (χ0v) is 227. The Morgan fingerprint density at radius 1 is 0.218 bits per heavy atom. The summed E-state index contributed by atoms with van der Waals surface area (Å²) in [5.74, 6) is 0. The third kappa shape index (κ3) is 348. The van der Waals surface area contributed by atoms with E-state index in [1.165, 1.54) is 0 Å². The minimum Gasteiger partial charge on any atom is -0.392 e. The summed E-state index contributed by atoms with van der Waals surface area (Å²) >= 11 is 0. The van der Waals surface area contributed by atoms with Crippen LogP contribution in [0.25, 0.3) is 0 Å². The van der Waals surface area contributed by atoms with Gasteiger partial charge >= 0.3 is 0 Å². The van der Waals surface area contributed by atoms with E-state index in [0.29, 0.717) is 0 Å². The van der Waals surface area contributed by atoms with Crippen molar-refractivity contribution in [2.45, 2.75) is 0 Å². The van der Waals surface area contributed by atoms with Crippen LogP contribution >= 0.6 is 0 Å². The molecule has 0 spiro atoms. The summed E-state index contributed by atoms with van der Waals surface area (Å²) in [6.45, 7) is 0. The van der Waals surface area contributed by atoms with Crippen LogP contribution < -0.4 is 4.90 Å². The normalized spacial score (nSPS) is 1.76. The van der Waals surface area contributed by atoms with E-state index in [1.807, 2.05) is 48.3 Å². The standard InChI is InChI=1S/C12H10N2.64Y/c1-14(11-6-3-2-4-7-11)12-8-5-9-13-10-12;;;;;;;;;;;;;;;;;;;;;;;;;;;;;;;;;;;;;;;;;;;;;;;;;;;;;;;;;;;;;;;;/h2-6,8-9H,1H3;;;;;;;;;;;;;;;;;;;;;;;;;;;;;;;;;;;;;;;;;;;;;;;;;;;;;;;;;;;;;;;;/q-2;;;;;;;;;;;;;;;;;;;;;;;;;;;;;;;;;;;;;;;;;;;;;;;;;;;;;;;;;;;;;;;;. The second-order valence-electron chi connectivity index (χ2n) is 2.94. The van der Waals surface area contributed by atoms with Crippen molar-refractivity contribution in [3.05, 3.63) is 54.9 Å². The van der Waals surface area contributed by atoms with Gasteiger partial charge < -0.3 is 9.88 Å². The number of nitrogens with zero attached hydrogens (tertiary/aromatic N) is 2. The fourth-order valence-electron chi connectivity index (χ4n) is 1.23. The van der Waals surface area contributed by atoms with Crippen molar-refractivity contribution in [3.8, 4) is 0 Å². The zero-order chi connectivity index (χ0) is 9.80. The van der Waals surface area contributed by atoms with Gasteiger partial charge in [0.15, 0.2) is 0 Å². The number of anilines is 2. The van der Waals surface area contributed by atoms with E-state index in [4.69, 9.17) is 0 Å². The minimum absolute atomic E-state index is 0. The van der Waals surface area contributed by atoms with E-state index in [9.17, 15) is 0 Å². The Bertz CT molecular complexity index is 397. The summed E-state index contributed by atoms with van der Waals surface area (Å²) in [5, 5.41) is 0. The van der Waals surface area contributed by atoms with E-state index in [2.05, 4.69) is 17.2 Å². The number of benzene rings is 1. The first-order valence-corrected chi connectivity index (χ1v) is 4.41. The summed E-state index contributed by atoms with van der Waals surface area (Å²) in [6, 6.07) is 14.8. The van der Waals surface area contributed by atoms with Crippen LogP contribution in [0.5, 0.6) is 0 Å². The number of pyridine rings is 1. The van der Waals surface area contributed by atoms with E-state index in [-0.39, 0.29) is 2090 Å². The fraction of sp³-hybridized carbons (Fsp3) is 0.0833. The van der Waals surface area contributed by atoms with Crippen LogP contribution in [-0.2, 0) is 2090 Å². The van der Waals surface area contributed by atoms with Crippen LogP contribution in [-0.4, -0.2) is 12.0 Å². The molecule has 0 bridgehead atoms. The summed E-state index contributed by atoms with van der Waals surface area (Å²) < 4.78 is 0. The van der Waals surface area contributed by atoms with Gasteiger partial charge in [-0.3, -0.25) is 0 Å². The van der Waals surface area contributed by atoms with Gasteiger partial charge in [0.1, 0.15) is 0 Å². The maximum absolute atomic E-state index is 3.95. The van der Waals surface area contributed by atoms with Gasteiger partial charge in [-0.15, -0.1) is 12.1 Å². The first-order chi connectivity index (χ1) is 6.88. The molecule has 2 rings (SSSR count). The second-order valence-corrected chi connectivity index (χ2v) is 2.94. The van der Waals surface area contributed by atoms with E-state index in [0.717, 1.165) is 11.4 Å². The molecule has 66 heteroatoms. The van der Waals surface area contributed by atoms with Crippen LogP contribution in [0.4, 0.5) is 11.4 Å². The van der Waals surface area contributed by atoms with Crippen molar-refractivity contribution < 1.29 is 2090 Å². The largest absolute Gasteiger partial charge is 0.392 e. The molecule has 262 valence electrons. The smallest absolute Gasteiger partial charge is 0.00730 e. The first kappa shape index (κ1) is 444. The summed E-state index contributed by atoms with van der Waals surface area (Å²) in [6.07, 6.45) is 4.64. The fourth-order valence-corrected chi connectivity index (χ4v) is 1.23. The van der Waals surface area contributed by atoms with Crippen molar-refractivity contribution in [3.63, 3.8) is 0 Å². The Morgan fingerprint density at radius 2 is 0.372 bits per heavy atom. The molecule has 0 aliphatic rings. The van der Waals surface area contributed by atoms with Crippen LogP contribution in [0.2, 0.25) is 0 Å². The van der Waals surface area contributed by atoms with Crippen molar-refractivity contribution in [1.29, 1.82) is 0 Å². The number of rotatable bonds is 2. The molecular formula is C12H10N2Y64-2. The Labute approximate surface area is 2090 Å². The van der Waals surface area contributed by atoms with Crippen molar-refractivity contribution >= 4 is 11.4 Å². The number of para-hydroxylation sites is 1. The van der Waals surface area contributed by atoms with Gasteiger partial charge in [-0.25, -0.2) is 0 Å². The molecule has 0 saturated heterocycles. The predicted molar refractivity (Wildman–Crippen MR) is 56.4 cm³/mol. The quantitative estimate of drug-likeness (QED) is 0.430. The minimum atomic E-state index is 0. The van der Waals surface area contributed by atoms with E-state index < -0.39 is 0 Å². The van der Waals surface area contributed by atoms with Crippen LogP contribution in [0.15, 0.2) is 42.6 Å². The van der Waals surface area contributed by atoms with E-state index >= 15 is 0 Å². The molecular weight excluding hydrogens is 5860 g/mol. The van der Waals surface area contributed by atoms with Gasteiger partial charge in [0.05, 0.1) is 0 Å². The molecule has 0 unspecified atom stereocenters. The molecule has 1 aromatic heterocycles. The maximum Gasteiger partial charge on any atom is 0.00730 e. The van der Waals surface area contributed by atoms with Crippen molar-refractivity contribution in [1.82, 2.24) is 4.98 Å². The van der Waals surface area contributed by atoms with Crippen LogP contribution in [0.1, 0.15) is 0 Å². The van der Waals surface area contributed by atoms with Gasteiger partial charge in [0.2, 0.25) is 0 Å². The Kier molecular flexibility index (Phi) is 2260. The molecule has 0 atom stereocenters. The summed E-state index contributed by atoms with van der Waals surface area (Å²) in [5.41, 5.74) is 1.95. The third-order valence-electron chi connectivity index (χ3n) is 2.01. The summed E-state index contributed by atoms with van der Waals surface area (Å²) in [4.78, 5) is 5.94. The predicted octanol–water partition coefficient (Wildman–Crippen LogP) is 2.29. The molecule has 1 aromatic carbocycles. The Morgan fingerprint density at radius 3 is 0.487 bits per heavy atom. The molecule has 0 amide bonds. The molecule has 0 aliphatic carbocycles. The maximum atomic E-state index is 3.95. The van der Waals surface area contributed by atoms with Gasteiger partial charge in [0.25, 0.3) is 0 Å². The molecule has 64 radical (unpaired) electrons. The van der Waals surface area contributed by atoms with E-state index in [1.54, 1.807) is 6.20 Å². The molecule has 0 N–H and O–H groups in total. The Balaban J connectivity index is -0.000000000576. The van der Waals surface area contributed by atoms with Gasteiger partial charge in [-0.2, -0.15) is 30.3 Å². The molecule has 78 heavy (non-hydrogen) atoms. The average Bonchev–Trinajstić information content (AvgIpc) is 2.30. The molecule has 0 saturated carbocycles. The third-order valence-corrected chi connectivity index (χ3v) is 2.01. The van der Waals surface area contributed by atoms with Crippen molar-refractivity contribution in [2.24, 2.45) is 0 Å². The molecule has 0 fully saturated rings. The monoisotopic (exact) mass is 5870 g/mol. The summed E-state index contributed by atoms with van der Waals surface area (Å²) in [7, 11) is 1.97. The second kappa shape index (κ2) is 397. The first-order valence-electron chi connectivity index (χ1n) is 4.41. The van der Waals surface area contributed by atoms with Gasteiger partial charge in [0, 0.05) is 2100 Å². The molecule has 1 heterocycles. The Hall–Kier alpha value is 68.8. The number of aromatic nitrogens is 1. The van der Waals surface area contributed by atoms with Gasteiger partial charge in [-0.1, -0.05) is 23.8 Å². The number of hydrogen-bond acceptors (Lipinski definition) is 2. The van der Waals surface area contributed by atoms with Gasteiger partial charge in [-0.05, 0) is 0 Å². The SMILES string of the molecule is CN(c1[c-]cccc1)c1[c-]nccc1.[Y].[Y].[Y].[Y].[Y].[Y].[Y].[Y].[Y].[Y].[Y].[Y].[Y].[Y].[Y].[Y].[Y].[Y].[Y].[Y].[Y].[Y].[Y].[Y].[Y].[Y].[Y].[Y].[Y].[Y].[Y].[Y].[Y].[Y].[Y].[Y].[Y].[Y].[Y].[Y].[Y].[Y].[Y].[Y].[Y].[Y].[Y].[Y].[Y].[Y].[Y].[Y].[Y].[Y].[Y].[Y].[Y].[Y].[Y].[Y].[Y].[Y].[Y].[Y]. The zero-order valence-electron chi connectivity index (χ0n) is 44.9. The van der Waals surface area contributed by atoms with Crippen molar-refractivity contribution in [2.75, 3.05) is 11.9 Å². The number of hydrogen-bond donors (Lipinski definition) is 0. The molecule has 0 aliphatic heterocycles. The van der Waals surface area contributed by atoms with Crippen LogP contribution in [0, 0.1) is 12.3 Å². The average molecular weight is 5870 g/mol.